The minimum absolute atomic E-state index is 0.0430. The van der Waals surface area contributed by atoms with Gasteiger partial charge in [-0.1, -0.05) is 0 Å². The number of amides is 1. The van der Waals surface area contributed by atoms with E-state index in [1.54, 1.807) is 12.1 Å². The Morgan fingerprint density at radius 2 is 2.18 bits per heavy atom. The second-order valence-electron chi connectivity index (χ2n) is 5.91. The van der Waals surface area contributed by atoms with E-state index in [0.717, 1.165) is 32.2 Å². The van der Waals surface area contributed by atoms with Gasteiger partial charge in [0.15, 0.2) is 0 Å². The highest BCUT2D eigenvalue weighted by molar-refractivity contribution is 5.95. The normalized spacial score (nSPS) is 20.6. The summed E-state index contributed by atoms with van der Waals surface area (Å²) in [4.78, 5) is 22.9. The van der Waals surface area contributed by atoms with Crippen molar-refractivity contribution >= 4 is 17.3 Å². The largest absolute Gasteiger partial charge is 0.377 e. The van der Waals surface area contributed by atoms with Crippen molar-refractivity contribution in [3.05, 3.63) is 33.9 Å². The maximum absolute atomic E-state index is 12.1. The van der Waals surface area contributed by atoms with E-state index in [2.05, 4.69) is 16.0 Å². The quantitative estimate of drug-likeness (QED) is 0.548. The average molecular weight is 304 g/mol. The first-order valence-corrected chi connectivity index (χ1v) is 7.70. The van der Waals surface area contributed by atoms with Gasteiger partial charge in [-0.3, -0.25) is 14.9 Å². The van der Waals surface area contributed by atoms with Crippen molar-refractivity contribution in [2.24, 2.45) is 0 Å². The van der Waals surface area contributed by atoms with Crippen LogP contribution in [0.1, 0.15) is 36.0 Å². The number of hydrogen-bond acceptors (Lipinski definition) is 5. The fourth-order valence-electron chi connectivity index (χ4n) is 2.64. The van der Waals surface area contributed by atoms with Crippen molar-refractivity contribution in [3.63, 3.8) is 0 Å². The van der Waals surface area contributed by atoms with E-state index < -0.39 is 4.92 Å². The molecule has 1 atom stereocenters. The van der Waals surface area contributed by atoms with E-state index in [0.29, 0.717) is 29.9 Å². The van der Waals surface area contributed by atoms with Crippen LogP contribution in [0.5, 0.6) is 0 Å². The summed E-state index contributed by atoms with van der Waals surface area (Å²) in [7, 11) is 0. The standard InChI is InChI=1S/C15H20N4O3/c20-15(17-9-12-2-1-7-16-12)10-3-6-13(18-11-4-5-11)14(8-10)19(21)22/h3,6,8,11-12,16,18H,1-2,4-5,7,9H2,(H,17,20). The Morgan fingerprint density at radius 1 is 1.36 bits per heavy atom. The van der Waals surface area contributed by atoms with E-state index in [9.17, 15) is 14.9 Å². The van der Waals surface area contributed by atoms with Gasteiger partial charge in [0.1, 0.15) is 5.69 Å². The maximum atomic E-state index is 12.1. The zero-order valence-corrected chi connectivity index (χ0v) is 12.3. The number of nitro benzene ring substituents is 1. The van der Waals surface area contributed by atoms with E-state index in [1.165, 1.54) is 6.07 Å². The first kappa shape index (κ1) is 14.8. The van der Waals surface area contributed by atoms with Gasteiger partial charge in [-0.15, -0.1) is 0 Å². The molecule has 3 N–H and O–H groups in total. The molecule has 7 nitrogen and oxygen atoms in total. The van der Waals surface area contributed by atoms with Gasteiger partial charge < -0.3 is 16.0 Å². The van der Waals surface area contributed by atoms with Crippen LogP contribution in [0.25, 0.3) is 0 Å². The number of carbonyl (C=O) groups excluding carboxylic acids is 1. The maximum Gasteiger partial charge on any atom is 0.293 e. The molecule has 0 aromatic heterocycles. The summed E-state index contributed by atoms with van der Waals surface area (Å²) >= 11 is 0. The second-order valence-corrected chi connectivity index (χ2v) is 5.91. The lowest BCUT2D eigenvalue weighted by molar-refractivity contribution is -0.384. The number of rotatable bonds is 6. The van der Waals surface area contributed by atoms with Crippen LogP contribution in [-0.4, -0.2) is 36.0 Å². The van der Waals surface area contributed by atoms with Crippen molar-refractivity contribution in [1.82, 2.24) is 10.6 Å². The third kappa shape index (κ3) is 3.54. The van der Waals surface area contributed by atoms with Gasteiger partial charge in [-0.25, -0.2) is 0 Å². The zero-order valence-electron chi connectivity index (χ0n) is 12.3. The molecule has 1 saturated carbocycles. The van der Waals surface area contributed by atoms with Crippen LogP contribution >= 0.6 is 0 Å². The molecule has 1 saturated heterocycles. The highest BCUT2D eigenvalue weighted by Crippen LogP contribution is 2.31. The fourth-order valence-corrected chi connectivity index (χ4v) is 2.64. The Hall–Kier alpha value is -2.15. The van der Waals surface area contributed by atoms with Crippen molar-refractivity contribution in [2.75, 3.05) is 18.4 Å². The predicted octanol–water partition coefficient (Wildman–Crippen LogP) is 1.65. The number of hydrogen-bond donors (Lipinski definition) is 3. The Labute approximate surface area is 128 Å². The van der Waals surface area contributed by atoms with Crippen molar-refractivity contribution < 1.29 is 9.72 Å². The molecule has 0 radical (unpaired) electrons. The number of carbonyl (C=O) groups is 1. The molecule has 2 aliphatic rings. The van der Waals surface area contributed by atoms with Gasteiger partial charge in [0.25, 0.3) is 11.6 Å². The summed E-state index contributed by atoms with van der Waals surface area (Å²) in [6.07, 6.45) is 4.24. The molecule has 1 aliphatic heterocycles. The van der Waals surface area contributed by atoms with Gasteiger partial charge >= 0.3 is 0 Å². The molecule has 3 rings (SSSR count). The van der Waals surface area contributed by atoms with Gasteiger partial charge in [-0.2, -0.15) is 0 Å². The van der Waals surface area contributed by atoms with Gasteiger partial charge in [-0.05, 0) is 44.4 Å². The first-order valence-electron chi connectivity index (χ1n) is 7.70. The summed E-state index contributed by atoms with van der Waals surface area (Å²) < 4.78 is 0. The van der Waals surface area contributed by atoms with Crippen molar-refractivity contribution in [1.29, 1.82) is 0 Å². The van der Waals surface area contributed by atoms with Crippen LogP contribution in [-0.2, 0) is 0 Å². The van der Waals surface area contributed by atoms with E-state index in [-0.39, 0.29) is 11.6 Å². The van der Waals surface area contributed by atoms with Gasteiger partial charge in [0, 0.05) is 30.3 Å². The number of nitrogens with zero attached hydrogens (tertiary/aromatic N) is 1. The van der Waals surface area contributed by atoms with Crippen LogP contribution in [0, 0.1) is 10.1 Å². The van der Waals surface area contributed by atoms with Crippen LogP contribution in [0.4, 0.5) is 11.4 Å². The van der Waals surface area contributed by atoms with Crippen molar-refractivity contribution in [2.45, 2.75) is 37.8 Å². The fraction of sp³-hybridized carbons (Fsp3) is 0.533. The molecule has 0 bridgehead atoms. The minimum Gasteiger partial charge on any atom is -0.377 e. The molecular formula is C15H20N4O3. The Morgan fingerprint density at radius 3 is 2.82 bits per heavy atom. The average Bonchev–Trinajstić information content (AvgIpc) is 3.16. The van der Waals surface area contributed by atoms with Crippen LogP contribution in [0.15, 0.2) is 18.2 Å². The minimum atomic E-state index is -0.444. The molecule has 1 amide bonds. The third-order valence-corrected chi connectivity index (χ3v) is 4.06. The number of benzene rings is 1. The molecule has 22 heavy (non-hydrogen) atoms. The Kier molecular flexibility index (Phi) is 4.24. The number of nitrogens with one attached hydrogen (secondary N) is 3. The highest BCUT2D eigenvalue weighted by atomic mass is 16.6. The number of anilines is 1. The van der Waals surface area contributed by atoms with Crippen molar-refractivity contribution in [3.8, 4) is 0 Å². The summed E-state index contributed by atoms with van der Waals surface area (Å²) in [6, 6.07) is 5.23. The predicted molar refractivity (Wildman–Crippen MR) is 83.1 cm³/mol. The Bertz CT molecular complexity index is 580. The summed E-state index contributed by atoms with van der Waals surface area (Å²) in [5.74, 6) is -0.269. The summed E-state index contributed by atoms with van der Waals surface area (Å²) in [5.41, 5.74) is 0.770. The lowest BCUT2D eigenvalue weighted by Gasteiger charge is -2.12. The molecule has 7 heteroatoms. The van der Waals surface area contributed by atoms with Crippen LogP contribution in [0.3, 0.4) is 0 Å². The topological polar surface area (TPSA) is 96.3 Å². The first-order chi connectivity index (χ1) is 10.6. The Balaban J connectivity index is 1.67. The lowest BCUT2D eigenvalue weighted by atomic mass is 10.1. The SMILES string of the molecule is O=C(NCC1CCCN1)c1ccc(NC2CC2)c([N+](=O)[O-])c1. The van der Waals surface area contributed by atoms with E-state index in [1.807, 2.05) is 0 Å². The van der Waals surface area contributed by atoms with Crippen LogP contribution in [0.2, 0.25) is 0 Å². The summed E-state index contributed by atoms with van der Waals surface area (Å²) in [6.45, 7) is 1.53. The molecule has 1 aromatic rings. The molecule has 2 fully saturated rings. The molecule has 1 aliphatic carbocycles. The van der Waals surface area contributed by atoms with Crippen LogP contribution < -0.4 is 16.0 Å². The van der Waals surface area contributed by atoms with Gasteiger partial charge in [0.2, 0.25) is 0 Å². The number of nitro groups is 1. The third-order valence-electron chi connectivity index (χ3n) is 4.06. The zero-order chi connectivity index (χ0) is 15.5. The lowest BCUT2D eigenvalue weighted by Crippen LogP contribution is -2.37. The molecule has 1 aromatic carbocycles. The molecule has 118 valence electrons. The molecule has 0 spiro atoms. The highest BCUT2D eigenvalue weighted by Gasteiger charge is 2.25. The molecular weight excluding hydrogens is 284 g/mol. The van der Waals surface area contributed by atoms with E-state index >= 15 is 0 Å². The second kappa shape index (κ2) is 6.31. The smallest absolute Gasteiger partial charge is 0.293 e. The van der Waals surface area contributed by atoms with E-state index in [4.69, 9.17) is 0 Å². The molecule has 1 heterocycles. The summed E-state index contributed by atoms with van der Waals surface area (Å²) in [5, 5.41) is 20.4. The molecule has 1 unspecified atom stereocenters. The monoisotopic (exact) mass is 304 g/mol. The van der Waals surface area contributed by atoms with Gasteiger partial charge in [0.05, 0.1) is 4.92 Å².